The van der Waals surface area contributed by atoms with Crippen molar-refractivity contribution in [2.45, 2.75) is 219 Å². The molecule has 0 radical (unpaired) electrons. The molecule has 0 N–H and O–H groups in total. The summed E-state index contributed by atoms with van der Waals surface area (Å²) < 4.78 is 0. The summed E-state index contributed by atoms with van der Waals surface area (Å²) >= 11 is 5.87. The maximum Gasteiger partial charge on any atom is 0.316 e. The molecule has 3 heteroatoms. The van der Waals surface area contributed by atoms with E-state index in [2.05, 4.69) is 13.8 Å². The van der Waals surface area contributed by atoms with E-state index in [9.17, 15) is 4.79 Å². The van der Waals surface area contributed by atoms with Crippen LogP contribution in [-0.2, 0) is 0 Å². The Hall–Kier alpha value is -0.240. The summed E-state index contributed by atoms with van der Waals surface area (Å²) in [5.74, 6) is 0. The molecule has 0 aliphatic carbocycles. The molecular formula is C37H74ClNO. The zero-order valence-corrected chi connectivity index (χ0v) is 28.5. The van der Waals surface area contributed by atoms with Crippen LogP contribution in [0, 0.1) is 0 Å². The minimum Gasteiger partial charge on any atom is -0.329 e. The molecule has 0 rings (SSSR count). The number of carbonyl (C=O) groups excluding carboxylic acids is 1. The standard InChI is InChI=1S/C37H74ClNO/c1-3-5-7-9-11-13-15-17-19-21-23-25-27-29-31-33-35-39(37(38)40)36-34-32-30-28-26-24-22-20-18-16-14-12-10-8-6-4-2/h3-36H2,1-2H3. The highest BCUT2D eigenvalue weighted by molar-refractivity contribution is 6.62. The lowest BCUT2D eigenvalue weighted by atomic mass is 10.0. The van der Waals surface area contributed by atoms with Crippen LogP contribution >= 0.6 is 11.6 Å². The van der Waals surface area contributed by atoms with Gasteiger partial charge in [0.25, 0.3) is 0 Å². The largest absolute Gasteiger partial charge is 0.329 e. The number of nitrogens with zero attached hydrogens (tertiary/aromatic N) is 1. The van der Waals surface area contributed by atoms with E-state index in [1.807, 2.05) is 4.90 Å². The average molecular weight is 584 g/mol. The van der Waals surface area contributed by atoms with E-state index in [1.165, 1.54) is 193 Å². The van der Waals surface area contributed by atoms with Crippen LogP contribution in [0.15, 0.2) is 0 Å². The quantitative estimate of drug-likeness (QED) is 0.0419. The molecule has 0 unspecified atom stereocenters. The Kier molecular flexibility index (Phi) is 34.7. The van der Waals surface area contributed by atoms with Crippen LogP contribution in [0.3, 0.4) is 0 Å². The molecule has 0 heterocycles. The Morgan fingerprint density at radius 3 is 0.700 bits per heavy atom. The summed E-state index contributed by atoms with van der Waals surface area (Å²) in [6.45, 7) is 6.28. The number of carbonyl (C=O) groups is 1. The van der Waals surface area contributed by atoms with Gasteiger partial charge in [-0.15, -0.1) is 0 Å². The van der Waals surface area contributed by atoms with Gasteiger partial charge >= 0.3 is 5.37 Å². The molecule has 0 saturated heterocycles. The molecule has 0 spiro atoms. The summed E-state index contributed by atoms with van der Waals surface area (Å²) in [7, 11) is 0. The number of hydrogen-bond acceptors (Lipinski definition) is 1. The van der Waals surface area contributed by atoms with E-state index in [0.29, 0.717) is 0 Å². The smallest absolute Gasteiger partial charge is 0.316 e. The monoisotopic (exact) mass is 584 g/mol. The Morgan fingerprint density at radius 2 is 0.525 bits per heavy atom. The lowest BCUT2D eigenvalue weighted by Crippen LogP contribution is -2.28. The number of amides is 1. The minimum atomic E-state index is -0.248. The molecule has 0 aromatic rings. The molecule has 0 aromatic carbocycles. The van der Waals surface area contributed by atoms with Crippen molar-refractivity contribution in [2.75, 3.05) is 13.1 Å². The van der Waals surface area contributed by atoms with Gasteiger partial charge in [-0.3, -0.25) is 4.79 Å². The highest BCUT2D eigenvalue weighted by atomic mass is 35.5. The molecule has 0 fully saturated rings. The first kappa shape index (κ1) is 39.8. The highest BCUT2D eigenvalue weighted by Gasteiger charge is 2.09. The Balaban J connectivity index is 3.37. The third kappa shape index (κ3) is 32.3. The van der Waals surface area contributed by atoms with Crippen LogP contribution < -0.4 is 0 Å². The highest BCUT2D eigenvalue weighted by Crippen LogP contribution is 2.16. The molecule has 40 heavy (non-hydrogen) atoms. The second kappa shape index (κ2) is 35.0. The number of halogens is 1. The second-order valence-electron chi connectivity index (χ2n) is 12.8. The van der Waals surface area contributed by atoms with E-state index >= 15 is 0 Å². The minimum absolute atomic E-state index is 0.248. The van der Waals surface area contributed by atoms with Gasteiger partial charge in [0.15, 0.2) is 0 Å². The SMILES string of the molecule is CCCCCCCCCCCCCCCCCCN(CCCCCCCCCCCCCCCCCC)C(=O)Cl. The van der Waals surface area contributed by atoms with Gasteiger partial charge in [-0.2, -0.15) is 0 Å². The zero-order valence-electron chi connectivity index (χ0n) is 27.8. The molecule has 0 aliphatic rings. The van der Waals surface area contributed by atoms with Crippen molar-refractivity contribution in [2.24, 2.45) is 0 Å². The maximum absolute atomic E-state index is 11.8. The van der Waals surface area contributed by atoms with Crippen molar-refractivity contribution in [3.8, 4) is 0 Å². The summed E-state index contributed by atoms with van der Waals surface area (Å²) in [6, 6.07) is 0. The van der Waals surface area contributed by atoms with Crippen LogP contribution in [0.4, 0.5) is 4.79 Å². The van der Waals surface area contributed by atoms with Crippen LogP contribution in [-0.4, -0.2) is 23.4 Å². The third-order valence-corrected chi connectivity index (χ3v) is 9.05. The van der Waals surface area contributed by atoms with E-state index in [0.717, 1.165) is 25.9 Å². The van der Waals surface area contributed by atoms with E-state index in [1.54, 1.807) is 0 Å². The van der Waals surface area contributed by atoms with Gasteiger partial charge in [-0.25, -0.2) is 0 Å². The van der Waals surface area contributed by atoms with E-state index in [-0.39, 0.29) is 5.37 Å². The third-order valence-electron chi connectivity index (χ3n) is 8.81. The summed E-state index contributed by atoms with van der Waals surface area (Å²) in [5, 5.41) is -0.248. The normalized spacial score (nSPS) is 11.4. The summed E-state index contributed by atoms with van der Waals surface area (Å²) in [5.41, 5.74) is 0. The van der Waals surface area contributed by atoms with E-state index in [4.69, 9.17) is 11.6 Å². The molecule has 0 bridgehead atoms. The predicted octanol–water partition coefficient (Wildman–Crippen LogP) is 14.2. The molecule has 0 atom stereocenters. The Bertz CT molecular complexity index is 447. The first-order valence-electron chi connectivity index (χ1n) is 18.7. The van der Waals surface area contributed by atoms with Gasteiger partial charge in [0.05, 0.1) is 0 Å². The first-order chi connectivity index (χ1) is 19.7. The van der Waals surface area contributed by atoms with Gasteiger partial charge < -0.3 is 4.90 Å². The summed E-state index contributed by atoms with van der Waals surface area (Å²) in [4.78, 5) is 13.7. The molecule has 0 saturated carbocycles. The van der Waals surface area contributed by atoms with Gasteiger partial charge in [0.1, 0.15) is 0 Å². The average Bonchev–Trinajstić information content (AvgIpc) is 2.95. The fourth-order valence-electron chi connectivity index (χ4n) is 5.99. The molecule has 2 nitrogen and oxygen atoms in total. The van der Waals surface area contributed by atoms with Crippen molar-refractivity contribution < 1.29 is 4.79 Å². The van der Waals surface area contributed by atoms with Gasteiger partial charge in [-0.1, -0.05) is 206 Å². The number of rotatable bonds is 34. The second-order valence-corrected chi connectivity index (χ2v) is 13.2. The number of hydrogen-bond donors (Lipinski definition) is 0. The zero-order chi connectivity index (χ0) is 29.2. The van der Waals surface area contributed by atoms with Gasteiger partial charge in [0.2, 0.25) is 0 Å². The topological polar surface area (TPSA) is 20.3 Å². The van der Waals surface area contributed by atoms with Crippen LogP contribution in [0.2, 0.25) is 0 Å². The van der Waals surface area contributed by atoms with E-state index < -0.39 is 0 Å². The molecular weight excluding hydrogens is 510 g/mol. The van der Waals surface area contributed by atoms with Crippen molar-refractivity contribution in [3.63, 3.8) is 0 Å². The fourth-order valence-corrected chi connectivity index (χ4v) is 6.16. The lowest BCUT2D eigenvalue weighted by Gasteiger charge is -2.19. The van der Waals surface area contributed by atoms with Crippen molar-refractivity contribution in [3.05, 3.63) is 0 Å². The van der Waals surface area contributed by atoms with Crippen LogP contribution in [0.25, 0.3) is 0 Å². The molecule has 0 aliphatic heterocycles. The van der Waals surface area contributed by atoms with Crippen LogP contribution in [0.5, 0.6) is 0 Å². The first-order valence-corrected chi connectivity index (χ1v) is 19.0. The van der Waals surface area contributed by atoms with Gasteiger partial charge in [-0.05, 0) is 24.4 Å². The van der Waals surface area contributed by atoms with Crippen molar-refractivity contribution in [1.82, 2.24) is 4.90 Å². The molecule has 240 valence electrons. The fraction of sp³-hybridized carbons (Fsp3) is 0.973. The molecule has 0 aromatic heterocycles. The Morgan fingerprint density at radius 1 is 0.350 bits per heavy atom. The lowest BCUT2D eigenvalue weighted by molar-refractivity contribution is 0.219. The molecule has 1 amide bonds. The van der Waals surface area contributed by atoms with Crippen LogP contribution in [0.1, 0.15) is 219 Å². The van der Waals surface area contributed by atoms with Crippen molar-refractivity contribution in [1.29, 1.82) is 0 Å². The summed E-state index contributed by atoms with van der Waals surface area (Å²) in [6.07, 6.45) is 44.2. The predicted molar refractivity (Wildman–Crippen MR) is 182 cm³/mol. The number of unbranched alkanes of at least 4 members (excludes halogenated alkanes) is 30. The van der Waals surface area contributed by atoms with Gasteiger partial charge in [0, 0.05) is 13.1 Å². The maximum atomic E-state index is 11.8. The van der Waals surface area contributed by atoms with Crippen molar-refractivity contribution >= 4 is 17.0 Å². The Labute approximate surface area is 258 Å².